The monoisotopic (exact) mass is 614 g/mol. The average molecular weight is 615 g/mol. The van der Waals surface area contributed by atoms with E-state index in [0.717, 1.165) is 82.2 Å². The Hall–Kier alpha value is -3.38. The van der Waals surface area contributed by atoms with Gasteiger partial charge in [-0.2, -0.15) is 0 Å². The molecular weight excluding hydrogens is 568 g/mol. The Morgan fingerprint density at radius 2 is 1.70 bits per heavy atom. The number of carbonyl (C=O) groups excluding carboxylic acids is 2. The van der Waals surface area contributed by atoms with Crippen LogP contribution in [0.2, 0.25) is 0 Å². The minimum Gasteiger partial charge on any atom is -0.439 e. The molecule has 0 spiro atoms. The molecule has 2 N–H and O–H groups in total. The van der Waals surface area contributed by atoms with Gasteiger partial charge in [-0.1, -0.05) is 19.4 Å². The summed E-state index contributed by atoms with van der Waals surface area (Å²) in [6, 6.07) is 11.0. The highest BCUT2D eigenvalue weighted by atomic mass is 32.2. The molecule has 2 aliphatic rings. The number of piperidine rings is 2. The maximum atomic E-state index is 13.4. The summed E-state index contributed by atoms with van der Waals surface area (Å²) in [6.07, 6.45) is 6.60. The topological polar surface area (TPSA) is 124 Å². The summed E-state index contributed by atoms with van der Waals surface area (Å²) in [5.74, 6) is 1.15. The predicted octanol–water partition coefficient (Wildman–Crippen LogP) is 4.34. The second-order valence-electron chi connectivity index (χ2n) is 11.7. The average Bonchev–Trinajstić information content (AvgIpc) is 2.96. The van der Waals surface area contributed by atoms with Crippen molar-refractivity contribution in [2.24, 2.45) is 0 Å². The molecule has 1 aromatic carbocycles. The molecule has 0 aliphatic carbocycles. The van der Waals surface area contributed by atoms with Gasteiger partial charge in [-0.25, -0.2) is 18.2 Å². The van der Waals surface area contributed by atoms with Crippen LogP contribution in [0, 0.1) is 6.92 Å². The van der Waals surface area contributed by atoms with Crippen LogP contribution in [0.15, 0.2) is 36.4 Å². The molecule has 236 valence electrons. The molecule has 12 heteroatoms. The maximum absolute atomic E-state index is 13.4. The second-order valence-corrected chi connectivity index (χ2v) is 13.4. The first kappa shape index (κ1) is 32.5. The van der Waals surface area contributed by atoms with Crippen molar-refractivity contribution < 1.29 is 22.7 Å². The van der Waals surface area contributed by atoms with Crippen LogP contribution in [-0.4, -0.2) is 91.1 Å². The number of aryl methyl sites for hydroxylation is 1. The number of urea groups is 1. The summed E-state index contributed by atoms with van der Waals surface area (Å²) in [7, 11) is -3.33. The van der Waals surface area contributed by atoms with Crippen LogP contribution >= 0.6 is 0 Å². The standard InChI is InChI=1S/C31H46N6O5S/c1-5-6-17-37(31(39)33-26-13-20-36(21-14-26)24(3)38)28-15-18-35(19-16-28)22-25-7-12-30(32-23(25)2)42-29-10-8-27(9-11-29)34-43(4,40)41/h7-12,26,28,34H,5-6,13-22H2,1-4H3,(H,33,39). The number of aromatic nitrogens is 1. The van der Waals surface area contributed by atoms with Gasteiger partial charge in [0.2, 0.25) is 21.8 Å². The maximum Gasteiger partial charge on any atom is 0.317 e. The Labute approximate surface area is 256 Å². The van der Waals surface area contributed by atoms with Crippen molar-refractivity contribution in [3.8, 4) is 11.6 Å². The number of pyridine rings is 1. The quantitative estimate of drug-likeness (QED) is 0.386. The van der Waals surface area contributed by atoms with Gasteiger partial charge in [0.05, 0.1) is 6.26 Å². The third kappa shape index (κ3) is 9.82. The Balaban J connectivity index is 1.27. The largest absolute Gasteiger partial charge is 0.439 e. The number of likely N-dealkylation sites (tertiary alicyclic amines) is 2. The number of anilines is 1. The molecule has 43 heavy (non-hydrogen) atoms. The molecule has 3 amide bonds. The SMILES string of the molecule is CCCCN(C(=O)NC1CCN(C(C)=O)CC1)C1CCN(Cc2ccc(Oc3ccc(NS(C)(=O)=O)cc3)nc2C)CC1. The molecule has 2 aromatic rings. The van der Waals surface area contributed by atoms with Gasteiger partial charge in [-0.05, 0) is 68.9 Å². The summed E-state index contributed by atoms with van der Waals surface area (Å²) in [5.41, 5.74) is 2.50. The Morgan fingerprint density at radius 1 is 1.02 bits per heavy atom. The van der Waals surface area contributed by atoms with Gasteiger partial charge in [-0.15, -0.1) is 0 Å². The van der Waals surface area contributed by atoms with E-state index in [9.17, 15) is 18.0 Å². The van der Waals surface area contributed by atoms with Gasteiger partial charge in [0.15, 0.2) is 0 Å². The number of sulfonamides is 1. The molecular formula is C31H46N6O5S. The third-order valence-corrected chi connectivity index (χ3v) is 8.83. The lowest BCUT2D eigenvalue weighted by molar-refractivity contribution is -0.129. The number of benzene rings is 1. The molecule has 4 rings (SSSR count). The van der Waals surface area contributed by atoms with E-state index in [-0.39, 0.29) is 24.0 Å². The van der Waals surface area contributed by atoms with E-state index in [2.05, 4.69) is 31.7 Å². The number of unbranched alkanes of at least 4 members (excludes halogenated alkanes) is 1. The normalized spacial score (nSPS) is 17.0. The van der Waals surface area contributed by atoms with Crippen LogP contribution in [0.1, 0.15) is 63.6 Å². The minimum absolute atomic E-state index is 0.0325. The number of carbonyl (C=O) groups is 2. The van der Waals surface area contributed by atoms with Crippen LogP contribution in [0.3, 0.4) is 0 Å². The number of hydrogen-bond donors (Lipinski definition) is 2. The predicted molar refractivity (Wildman–Crippen MR) is 168 cm³/mol. The second kappa shape index (κ2) is 14.9. The van der Waals surface area contributed by atoms with E-state index >= 15 is 0 Å². The Bertz CT molecular complexity index is 1340. The van der Waals surface area contributed by atoms with Crippen molar-refractivity contribution in [1.82, 2.24) is 25.0 Å². The minimum atomic E-state index is -3.33. The number of nitrogens with zero attached hydrogens (tertiary/aromatic N) is 4. The van der Waals surface area contributed by atoms with E-state index in [1.54, 1.807) is 31.2 Å². The highest BCUT2D eigenvalue weighted by Gasteiger charge is 2.30. The third-order valence-electron chi connectivity index (χ3n) is 8.22. The van der Waals surface area contributed by atoms with Gasteiger partial charge >= 0.3 is 6.03 Å². The molecule has 0 bridgehead atoms. The number of nitrogens with one attached hydrogen (secondary N) is 2. The Morgan fingerprint density at radius 3 is 2.28 bits per heavy atom. The van der Waals surface area contributed by atoms with E-state index in [1.807, 2.05) is 24.0 Å². The molecule has 0 atom stereocenters. The fourth-order valence-corrected chi connectivity index (χ4v) is 6.29. The van der Waals surface area contributed by atoms with E-state index in [4.69, 9.17) is 4.74 Å². The van der Waals surface area contributed by atoms with Gasteiger partial charge in [0.1, 0.15) is 5.75 Å². The van der Waals surface area contributed by atoms with Gasteiger partial charge in [0, 0.05) is 75.7 Å². The zero-order valence-corrected chi connectivity index (χ0v) is 26.7. The molecule has 2 aliphatic heterocycles. The summed E-state index contributed by atoms with van der Waals surface area (Å²) in [5, 5.41) is 3.27. The lowest BCUT2D eigenvalue weighted by Crippen LogP contribution is -2.54. The van der Waals surface area contributed by atoms with Crippen LogP contribution in [-0.2, 0) is 21.4 Å². The lowest BCUT2D eigenvalue weighted by atomic mass is 10.0. The molecule has 3 heterocycles. The molecule has 11 nitrogen and oxygen atoms in total. The van der Waals surface area contributed by atoms with Gasteiger partial charge in [-0.3, -0.25) is 14.4 Å². The summed E-state index contributed by atoms with van der Waals surface area (Å²) < 4.78 is 31.1. The van der Waals surface area contributed by atoms with Crippen molar-refractivity contribution in [2.45, 2.75) is 77.9 Å². The van der Waals surface area contributed by atoms with E-state index in [1.165, 1.54) is 0 Å². The van der Waals surface area contributed by atoms with Crippen LogP contribution in [0.25, 0.3) is 0 Å². The van der Waals surface area contributed by atoms with E-state index < -0.39 is 10.0 Å². The fraction of sp³-hybridized carbons (Fsp3) is 0.581. The molecule has 0 unspecified atom stereocenters. The highest BCUT2D eigenvalue weighted by molar-refractivity contribution is 7.92. The molecule has 0 radical (unpaired) electrons. The fourth-order valence-electron chi connectivity index (χ4n) is 5.72. The van der Waals surface area contributed by atoms with Gasteiger partial charge in [0.25, 0.3) is 0 Å². The first-order valence-electron chi connectivity index (χ1n) is 15.3. The number of rotatable bonds is 11. The smallest absolute Gasteiger partial charge is 0.317 e. The number of ether oxygens (including phenoxy) is 1. The van der Waals surface area contributed by atoms with Crippen LogP contribution in [0.4, 0.5) is 10.5 Å². The summed E-state index contributed by atoms with van der Waals surface area (Å²) in [4.78, 5) is 36.0. The van der Waals surface area contributed by atoms with Crippen LogP contribution in [0.5, 0.6) is 11.6 Å². The first-order chi connectivity index (χ1) is 20.5. The van der Waals surface area contributed by atoms with E-state index in [0.29, 0.717) is 30.4 Å². The van der Waals surface area contributed by atoms with Crippen molar-refractivity contribution in [1.29, 1.82) is 0 Å². The molecule has 2 saturated heterocycles. The first-order valence-corrected chi connectivity index (χ1v) is 17.2. The number of hydrogen-bond acceptors (Lipinski definition) is 7. The highest BCUT2D eigenvalue weighted by Crippen LogP contribution is 2.25. The summed E-state index contributed by atoms with van der Waals surface area (Å²) >= 11 is 0. The van der Waals surface area contributed by atoms with Crippen molar-refractivity contribution >= 4 is 27.6 Å². The molecule has 2 fully saturated rings. The van der Waals surface area contributed by atoms with Crippen molar-refractivity contribution in [3.05, 3.63) is 47.7 Å². The zero-order valence-electron chi connectivity index (χ0n) is 25.8. The summed E-state index contributed by atoms with van der Waals surface area (Å²) in [6.45, 7) is 10.5. The van der Waals surface area contributed by atoms with Crippen molar-refractivity contribution in [2.75, 3.05) is 43.7 Å². The lowest BCUT2D eigenvalue weighted by Gasteiger charge is -2.40. The number of amides is 3. The zero-order chi connectivity index (χ0) is 31.0. The van der Waals surface area contributed by atoms with Crippen molar-refractivity contribution in [3.63, 3.8) is 0 Å². The van der Waals surface area contributed by atoms with Gasteiger partial charge < -0.3 is 19.9 Å². The molecule has 0 saturated carbocycles. The Kier molecular flexibility index (Phi) is 11.3. The van der Waals surface area contributed by atoms with Crippen LogP contribution < -0.4 is 14.8 Å². The molecule has 1 aromatic heterocycles.